The zero-order chi connectivity index (χ0) is 21.1. The third-order valence-corrected chi connectivity index (χ3v) is 5.30. The van der Waals surface area contributed by atoms with Gasteiger partial charge in [-0.3, -0.25) is 19.4 Å². The summed E-state index contributed by atoms with van der Waals surface area (Å²) in [6.45, 7) is 13.5. The molecule has 0 radical (unpaired) electrons. The van der Waals surface area contributed by atoms with Crippen molar-refractivity contribution in [2.75, 3.05) is 38.0 Å². The van der Waals surface area contributed by atoms with Crippen molar-refractivity contribution in [1.29, 1.82) is 0 Å². The highest BCUT2D eigenvalue weighted by molar-refractivity contribution is 5.96. The second-order valence-electron chi connectivity index (χ2n) is 8.16. The number of carbonyl (C=O) groups is 2. The second-order valence-corrected chi connectivity index (χ2v) is 8.16. The number of aromatic amines is 1. The van der Waals surface area contributed by atoms with Crippen LogP contribution in [0.4, 0.5) is 5.69 Å². The summed E-state index contributed by atoms with van der Waals surface area (Å²) in [4.78, 5) is 31.6. The molecule has 3 rings (SSSR count). The molecule has 7 nitrogen and oxygen atoms in total. The van der Waals surface area contributed by atoms with Gasteiger partial charge in [0.2, 0.25) is 5.91 Å². The highest BCUT2D eigenvalue weighted by Crippen LogP contribution is 2.31. The van der Waals surface area contributed by atoms with E-state index in [1.165, 1.54) is 0 Å². The summed E-state index contributed by atoms with van der Waals surface area (Å²) in [5, 5.41) is 13.7. The van der Waals surface area contributed by atoms with E-state index < -0.39 is 12.0 Å². The number of fused-ring (bicyclic) bond motifs is 1. The van der Waals surface area contributed by atoms with Gasteiger partial charge in [-0.1, -0.05) is 32.1 Å². The SMILES string of the molecule is C=C(C)CN1CCN(C(C(=O)O)c2c[nH]c3cc(NC(=O)C(C)C)ccc23)CC1. The van der Waals surface area contributed by atoms with Crippen molar-refractivity contribution in [3.63, 3.8) is 0 Å². The fourth-order valence-corrected chi connectivity index (χ4v) is 3.79. The molecule has 2 aromatic rings. The second kappa shape index (κ2) is 8.80. The van der Waals surface area contributed by atoms with E-state index in [-0.39, 0.29) is 11.8 Å². The Kier molecular flexibility index (Phi) is 6.39. The zero-order valence-corrected chi connectivity index (χ0v) is 17.4. The van der Waals surface area contributed by atoms with Crippen LogP contribution >= 0.6 is 0 Å². The van der Waals surface area contributed by atoms with Crippen LogP contribution in [0.1, 0.15) is 32.4 Å². The molecular weight excluding hydrogens is 368 g/mol. The number of benzene rings is 1. The molecule has 1 fully saturated rings. The van der Waals surface area contributed by atoms with Crippen molar-refractivity contribution in [2.24, 2.45) is 5.92 Å². The zero-order valence-electron chi connectivity index (χ0n) is 17.4. The number of piperazine rings is 1. The Labute approximate surface area is 171 Å². The molecule has 0 aliphatic carbocycles. The minimum atomic E-state index is -0.851. The number of anilines is 1. The van der Waals surface area contributed by atoms with Crippen molar-refractivity contribution in [2.45, 2.75) is 26.8 Å². The Bertz CT molecular complexity index is 910. The molecule has 1 unspecified atom stereocenters. The van der Waals surface area contributed by atoms with Gasteiger partial charge in [-0.2, -0.15) is 0 Å². The highest BCUT2D eigenvalue weighted by atomic mass is 16.4. The van der Waals surface area contributed by atoms with Crippen LogP contribution in [0.2, 0.25) is 0 Å². The predicted molar refractivity (Wildman–Crippen MR) is 115 cm³/mol. The van der Waals surface area contributed by atoms with Gasteiger partial charge in [-0.15, -0.1) is 0 Å². The molecular formula is C22H30N4O3. The van der Waals surface area contributed by atoms with Crippen LogP contribution in [-0.4, -0.2) is 64.5 Å². The third-order valence-electron chi connectivity index (χ3n) is 5.30. The van der Waals surface area contributed by atoms with Gasteiger partial charge < -0.3 is 15.4 Å². The van der Waals surface area contributed by atoms with Crippen LogP contribution in [0.15, 0.2) is 36.5 Å². The molecule has 7 heteroatoms. The lowest BCUT2D eigenvalue weighted by molar-refractivity contribution is -0.144. The Morgan fingerprint density at radius 1 is 1.24 bits per heavy atom. The minimum Gasteiger partial charge on any atom is -0.480 e. The first kappa shape index (κ1) is 21.1. The van der Waals surface area contributed by atoms with E-state index in [0.29, 0.717) is 18.8 Å². The maximum Gasteiger partial charge on any atom is 0.325 e. The molecule has 1 aliphatic heterocycles. The predicted octanol–water partition coefficient (Wildman–Crippen LogP) is 3.08. The monoisotopic (exact) mass is 398 g/mol. The maximum atomic E-state index is 12.1. The first-order chi connectivity index (χ1) is 13.8. The third kappa shape index (κ3) is 4.86. The van der Waals surface area contributed by atoms with Gasteiger partial charge in [-0.05, 0) is 19.1 Å². The van der Waals surface area contributed by atoms with E-state index in [1.807, 2.05) is 43.9 Å². The number of carboxylic acids is 1. The van der Waals surface area contributed by atoms with E-state index in [4.69, 9.17) is 0 Å². The van der Waals surface area contributed by atoms with E-state index in [2.05, 4.69) is 21.8 Å². The van der Waals surface area contributed by atoms with Gasteiger partial charge in [0.25, 0.3) is 0 Å². The van der Waals surface area contributed by atoms with E-state index >= 15 is 0 Å². The van der Waals surface area contributed by atoms with Gasteiger partial charge in [0.15, 0.2) is 0 Å². The largest absolute Gasteiger partial charge is 0.480 e. The summed E-state index contributed by atoms with van der Waals surface area (Å²) in [5.74, 6) is -1.01. The molecule has 29 heavy (non-hydrogen) atoms. The van der Waals surface area contributed by atoms with Crippen LogP contribution in [-0.2, 0) is 9.59 Å². The number of rotatable bonds is 7. The summed E-state index contributed by atoms with van der Waals surface area (Å²) in [5.41, 5.74) is 3.38. The van der Waals surface area contributed by atoms with Gasteiger partial charge in [0.05, 0.1) is 0 Å². The smallest absolute Gasteiger partial charge is 0.325 e. The molecule has 0 saturated carbocycles. The van der Waals surface area contributed by atoms with Crippen molar-refractivity contribution in [3.05, 3.63) is 42.1 Å². The number of carbonyl (C=O) groups excluding carboxylic acids is 1. The van der Waals surface area contributed by atoms with Gasteiger partial charge in [-0.25, -0.2) is 0 Å². The topological polar surface area (TPSA) is 88.7 Å². The van der Waals surface area contributed by atoms with E-state index in [0.717, 1.165) is 41.7 Å². The van der Waals surface area contributed by atoms with Crippen molar-refractivity contribution in [1.82, 2.24) is 14.8 Å². The molecule has 156 valence electrons. The fourth-order valence-electron chi connectivity index (χ4n) is 3.79. The number of H-pyrrole nitrogens is 1. The van der Waals surface area contributed by atoms with Crippen LogP contribution in [0.25, 0.3) is 10.9 Å². The summed E-state index contributed by atoms with van der Waals surface area (Å²) < 4.78 is 0. The summed E-state index contributed by atoms with van der Waals surface area (Å²) in [6.07, 6.45) is 1.78. The number of nitrogens with one attached hydrogen (secondary N) is 2. The van der Waals surface area contributed by atoms with E-state index in [1.54, 1.807) is 6.20 Å². The Balaban J connectivity index is 1.80. The Morgan fingerprint density at radius 3 is 2.52 bits per heavy atom. The lowest BCUT2D eigenvalue weighted by Crippen LogP contribution is -2.49. The Hall–Kier alpha value is -2.64. The van der Waals surface area contributed by atoms with Crippen LogP contribution in [0.5, 0.6) is 0 Å². The molecule has 2 heterocycles. The van der Waals surface area contributed by atoms with Crippen molar-refractivity contribution in [3.8, 4) is 0 Å². The van der Waals surface area contributed by atoms with Crippen molar-refractivity contribution < 1.29 is 14.7 Å². The summed E-state index contributed by atoms with van der Waals surface area (Å²) >= 11 is 0. The van der Waals surface area contributed by atoms with Gasteiger partial charge in [0.1, 0.15) is 6.04 Å². The fraction of sp³-hybridized carbons (Fsp3) is 0.455. The molecule has 3 N–H and O–H groups in total. The summed E-state index contributed by atoms with van der Waals surface area (Å²) in [6, 6.07) is 4.85. The number of carboxylic acid groups (broad SMARTS) is 1. The lowest BCUT2D eigenvalue weighted by atomic mass is 10.0. The van der Waals surface area contributed by atoms with Crippen LogP contribution < -0.4 is 5.32 Å². The summed E-state index contributed by atoms with van der Waals surface area (Å²) in [7, 11) is 0. The molecule has 1 atom stereocenters. The van der Waals surface area contributed by atoms with E-state index in [9.17, 15) is 14.7 Å². The van der Waals surface area contributed by atoms with Crippen molar-refractivity contribution >= 4 is 28.5 Å². The number of amides is 1. The van der Waals surface area contributed by atoms with Crippen LogP contribution in [0, 0.1) is 5.92 Å². The quantitative estimate of drug-likeness (QED) is 0.624. The molecule has 1 saturated heterocycles. The molecule has 1 aromatic carbocycles. The molecule has 1 aromatic heterocycles. The van der Waals surface area contributed by atoms with Gasteiger partial charge in [0, 0.05) is 67.0 Å². The first-order valence-electron chi connectivity index (χ1n) is 10.0. The van der Waals surface area contributed by atoms with Crippen LogP contribution in [0.3, 0.4) is 0 Å². The average Bonchev–Trinajstić information content (AvgIpc) is 3.05. The molecule has 0 bridgehead atoms. The molecule has 0 spiro atoms. The Morgan fingerprint density at radius 2 is 1.93 bits per heavy atom. The lowest BCUT2D eigenvalue weighted by Gasteiger charge is -2.37. The number of nitrogens with zero attached hydrogens (tertiary/aromatic N) is 2. The number of aliphatic carboxylic acids is 1. The normalized spacial score (nSPS) is 16.8. The molecule has 1 aliphatic rings. The molecule has 1 amide bonds. The standard InChI is InChI=1S/C22H30N4O3/c1-14(2)13-25-7-9-26(10-8-25)20(22(28)29)18-12-23-19-11-16(5-6-17(18)19)24-21(27)15(3)4/h5-6,11-12,15,20,23H,1,7-10,13H2,2-4H3,(H,24,27)(H,28,29). The number of hydrogen-bond donors (Lipinski definition) is 3. The number of aromatic nitrogens is 1. The maximum absolute atomic E-state index is 12.1. The number of hydrogen-bond acceptors (Lipinski definition) is 4. The van der Waals surface area contributed by atoms with Gasteiger partial charge >= 0.3 is 5.97 Å². The minimum absolute atomic E-state index is 0.0489. The average molecular weight is 399 g/mol. The highest BCUT2D eigenvalue weighted by Gasteiger charge is 2.32. The first-order valence-corrected chi connectivity index (χ1v) is 10.0.